The van der Waals surface area contributed by atoms with Gasteiger partial charge in [0.1, 0.15) is 13.2 Å². The van der Waals surface area contributed by atoms with E-state index >= 15 is 0 Å². The van der Waals surface area contributed by atoms with Crippen molar-refractivity contribution in [1.29, 1.82) is 0 Å². The molecule has 1 saturated heterocycles. The van der Waals surface area contributed by atoms with Gasteiger partial charge in [0.15, 0.2) is 11.5 Å². The predicted molar refractivity (Wildman–Crippen MR) is 93.9 cm³/mol. The average molecular weight is 347 g/mol. The molecule has 1 aromatic carbocycles. The number of hydrogen-bond donors (Lipinski definition) is 2. The van der Waals surface area contributed by atoms with Crippen LogP contribution in [0.1, 0.15) is 19.8 Å². The summed E-state index contributed by atoms with van der Waals surface area (Å²) in [6.45, 7) is 5.15. The number of piperidine rings is 1. The molecular weight excluding hydrogens is 322 g/mol. The summed E-state index contributed by atoms with van der Waals surface area (Å²) in [6, 6.07) is 5.30. The van der Waals surface area contributed by atoms with Gasteiger partial charge in [-0.15, -0.1) is 0 Å². The third-order valence-corrected chi connectivity index (χ3v) is 4.50. The molecule has 2 aliphatic heterocycles. The molecule has 1 atom stereocenters. The summed E-state index contributed by atoms with van der Waals surface area (Å²) in [4.78, 5) is 26.5. The van der Waals surface area contributed by atoms with Gasteiger partial charge in [-0.3, -0.25) is 9.59 Å². The van der Waals surface area contributed by atoms with Gasteiger partial charge in [-0.2, -0.15) is 0 Å². The topological polar surface area (TPSA) is 79.9 Å². The highest BCUT2D eigenvalue weighted by molar-refractivity contribution is 5.95. The first-order valence-corrected chi connectivity index (χ1v) is 8.86. The molecule has 25 heavy (non-hydrogen) atoms. The van der Waals surface area contributed by atoms with Crippen LogP contribution in [0.3, 0.4) is 0 Å². The number of anilines is 1. The standard InChI is InChI=1S/C18H25N3O4/c1-2-21(18(23)13-4-3-7-19-11-13)12-17(22)20-14-5-6-15-16(10-14)25-9-8-24-15/h5-6,10,13,19H,2-4,7-9,11-12H2,1H3,(H,20,22). The molecule has 0 radical (unpaired) electrons. The lowest BCUT2D eigenvalue weighted by molar-refractivity contribution is -0.138. The van der Waals surface area contributed by atoms with Crippen LogP contribution in [0, 0.1) is 5.92 Å². The van der Waals surface area contributed by atoms with Gasteiger partial charge in [-0.05, 0) is 38.4 Å². The van der Waals surface area contributed by atoms with Crippen LogP contribution >= 0.6 is 0 Å². The van der Waals surface area contributed by atoms with Crippen molar-refractivity contribution in [1.82, 2.24) is 10.2 Å². The monoisotopic (exact) mass is 347 g/mol. The molecule has 2 amide bonds. The van der Waals surface area contributed by atoms with E-state index in [1.165, 1.54) is 0 Å². The molecule has 2 aliphatic rings. The summed E-state index contributed by atoms with van der Waals surface area (Å²) in [6.07, 6.45) is 1.88. The molecule has 3 rings (SSSR count). The largest absolute Gasteiger partial charge is 0.486 e. The number of ether oxygens (including phenoxy) is 2. The summed E-state index contributed by atoms with van der Waals surface area (Å²) >= 11 is 0. The van der Waals surface area contributed by atoms with E-state index in [4.69, 9.17) is 9.47 Å². The Morgan fingerprint density at radius 2 is 2.08 bits per heavy atom. The van der Waals surface area contributed by atoms with Gasteiger partial charge in [0, 0.05) is 24.8 Å². The first-order chi connectivity index (χ1) is 12.2. The second-order valence-corrected chi connectivity index (χ2v) is 6.30. The molecule has 1 aromatic rings. The predicted octanol–water partition coefficient (Wildman–Crippen LogP) is 1.24. The summed E-state index contributed by atoms with van der Waals surface area (Å²) in [5, 5.41) is 6.07. The third kappa shape index (κ3) is 4.42. The van der Waals surface area contributed by atoms with Crippen LogP contribution in [-0.2, 0) is 9.59 Å². The van der Waals surface area contributed by atoms with E-state index in [1.54, 1.807) is 23.1 Å². The highest BCUT2D eigenvalue weighted by Crippen LogP contribution is 2.32. The Morgan fingerprint density at radius 1 is 1.28 bits per heavy atom. The molecule has 2 N–H and O–H groups in total. The number of nitrogens with zero attached hydrogens (tertiary/aromatic N) is 1. The number of fused-ring (bicyclic) bond motifs is 1. The average Bonchev–Trinajstić information content (AvgIpc) is 2.66. The molecule has 7 nitrogen and oxygen atoms in total. The fourth-order valence-corrected chi connectivity index (χ4v) is 3.16. The minimum atomic E-state index is -0.212. The van der Waals surface area contributed by atoms with Gasteiger partial charge in [-0.25, -0.2) is 0 Å². The van der Waals surface area contributed by atoms with E-state index in [2.05, 4.69) is 10.6 Å². The number of carbonyl (C=O) groups excluding carboxylic acids is 2. The maximum Gasteiger partial charge on any atom is 0.243 e. The summed E-state index contributed by atoms with van der Waals surface area (Å²) in [7, 11) is 0. The maximum absolute atomic E-state index is 12.6. The van der Waals surface area contributed by atoms with Crippen LogP contribution in [-0.4, -0.2) is 56.1 Å². The number of likely N-dealkylation sites (N-methyl/N-ethyl adjacent to an activating group) is 1. The van der Waals surface area contributed by atoms with Crippen molar-refractivity contribution in [3.05, 3.63) is 18.2 Å². The van der Waals surface area contributed by atoms with E-state index < -0.39 is 0 Å². The molecule has 1 unspecified atom stereocenters. The Morgan fingerprint density at radius 3 is 2.80 bits per heavy atom. The van der Waals surface area contributed by atoms with Crippen molar-refractivity contribution in [2.45, 2.75) is 19.8 Å². The van der Waals surface area contributed by atoms with Crippen LogP contribution in [0.4, 0.5) is 5.69 Å². The quantitative estimate of drug-likeness (QED) is 0.838. The first-order valence-electron chi connectivity index (χ1n) is 8.86. The molecule has 0 aliphatic carbocycles. The Kier molecular flexibility index (Phi) is 5.75. The van der Waals surface area contributed by atoms with Crippen LogP contribution in [0.2, 0.25) is 0 Å². The van der Waals surface area contributed by atoms with Crippen molar-refractivity contribution < 1.29 is 19.1 Å². The Labute approximate surface area is 147 Å². The number of benzene rings is 1. The molecule has 136 valence electrons. The number of carbonyl (C=O) groups is 2. The minimum absolute atomic E-state index is 0.0317. The van der Waals surface area contributed by atoms with Crippen LogP contribution in [0.25, 0.3) is 0 Å². The first kappa shape index (κ1) is 17.5. The summed E-state index contributed by atoms with van der Waals surface area (Å²) in [5.41, 5.74) is 0.636. The lowest BCUT2D eigenvalue weighted by Gasteiger charge is -2.28. The van der Waals surface area contributed by atoms with Crippen LogP contribution in [0.5, 0.6) is 11.5 Å². The summed E-state index contributed by atoms with van der Waals surface area (Å²) < 4.78 is 11.0. The second-order valence-electron chi connectivity index (χ2n) is 6.30. The van der Waals surface area contributed by atoms with Crippen molar-refractivity contribution in [3.8, 4) is 11.5 Å². The fourth-order valence-electron chi connectivity index (χ4n) is 3.16. The van der Waals surface area contributed by atoms with Crippen LogP contribution < -0.4 is 20.1 Å². The zero-order valence-electron chi connectivity index (χ0n) is 14.5. The minimum Gasteiger partial charge on any atom is -0.486 e. The van der Waals surface area contributed by atoms with Gasteiger partial charge in [-0.1, -0.05) is 0 Å². The zero-order valence-corrected chi connectivity index (χ0v) is 14.5. The molecule has 0 aromatic heterocycles. The molecule has 0 bridgehead atoms. The number of nitrogens with one attached hydrogen (secondary N) is 2. The zero-order chi connectivity index (χ0) is 17.6. The fraction of sp³-hybridized carbons (Fsp3) is 0.556. The molecule has 1 fully saturated rings. The van der Waals surface area contributed by atoms with E-state index in [9.17, 15) is 9.59 Å². The van der Waals surface area contributed by atoms with E-state index in [1.807, 2.05) is 6.92 Å². The molecule has 0 spiro atoms. The van der Waals surface area contributed by atoms with Gasteiger partial charge >= 0.3 is 0 Å². The molecular formula is C18H25N3O4. The van der Waals surface area contributed by atoms with E-state index in [0.29, 0.717) is 43.5 Å². The van der Waals surface area contributed by atoms with Gasteiger partial charge in [0.05, 0.1) is 12.5 Å². The van der Waals surface area contributed by atoms with Gasteiger partial charge < -0.3 is 25.0 Å². The maximum atomic E-state index is 12.6. The second kappa shape index (κ2) is 8.20. The normalized spacial score (nSPS) is 19.2. The van der Waals surface area contributed by atoms with Crippen LogP contribution in [0.15, 0.2) is 18.2 Å². The Hall–Kier alpha value is -2.28. The van der Waals surface area contributed by atoms with Gasteiger partial charge in [0.2, 0.25) is 11.8 Å². The molecule has 7 heteroatoms. The highest BCUT2D eigenvalue weighted by atomic mass is 16.6. The van der Waals surface area contributed by atoms with Gasteiger partial charge in [0.25, 0.3) is 0 Å². The third-order valence-electron chi connectivity index (χ3n) is 4.50. The molecule has 0 saturated carbocycles. The number of hydrogen-bond acceptors (Lipinski definition) is 5. The number of amides is 2. The summed E-state index contributed by atoms with van der Waals surface area (Å²) in [5.74, 6) is 1.11. The highest BCUT2D eigenvalue weighted by Gasteiger charge is 2.26. The van der Waals surface area contributed by atoms with E-state index in [0.717, 1.165) is 19.4 Å². The Balaban J connectivity index is 1.57. The SMILES string of the molecule is CCN(CC(=O)Nc1ccc2c(c1)OCCO2)C(=O)C1CCCNC1. The van der Waals surface area contributed by atoms with Crippen molar-refractivity contribution in [3.63, 3.8) is 0 Å². The lowest BCUT2D eigenvalue weighted by atomic mass is 9.98. The number of rotatable bonds is 5. The molecule has 2 heterocycles. The smallest absolute Gasteiger partial charge is 0.243 e. The van der Waals surface area contributed by atoms with Crippen molar-refractivity contribution in [2.75, 3.05) is 44.7 Å². The van der Waals surface area contributed by atoms with E-state index in [-0.39, 0.29) is 24.3 Å². The van der Waals surface area contributed by atoms with Crippen molar-refractivity contribution >= 4 is 17.5 Å². The Bertz CT molecular complexity index is 629. The lowest BCUT2D eigenvalue weighted by Crippen LogP contribution is -2.45. The van der Waals surface area contributed by atoms with Crippen molar-refractivity contribution in [2.24, 2.45) is 5.92 Å².